The Morgan fingerprint density at radius 1 is 1.19 bits per heavy atom. The number of carbonyl (C=O) groups is 2. The SMILES string of the molecule is COC1CC(C(=O)N(c2ccc(C(C)(C)C)cc2F)C(C(=O)NC2CCC(F)(F)CC2)c2cncc(F)c2)N(C#N)C1. The number of rotatable bonds is 7. The minimum Gasteiger partial charge on any atom is -0.379 e. The number of alkyl halides is 2. The van der Waals surface area contributed by atoms with Crippen molar-refractivity contribution in [3.8, 4) is 6.19 Å². The number of nitrogens with zero attached hydrogens (tertiary/aromatic N) is 4. The molecule has 3 atom stereocenters. The highest BCUT2D eigenvalue weighted by molar-refractivity contribution is 6.04. The first-order valence-electron chi connectivity index (χ1n) is 13.8. The summed E-state index contributed by atoms with van der Waals surface area (Å²) >= 11 is 0. The van der Waals surface area contributed by atoms with Crippen LogP contribution < -0.4 is 10.2 Å². The van der Waals surface area contributed by atoms with Crippen LogP contribution in [0.5, 0.6) is 0 Å². The smallest absolute Gasteiger partial charge is 0.251 e. The molecule has 0 spiro atoms. The van der Waals surface area contributed by atoms with Crippen LogP contribution in [0, 0.1) is 23.1 Å². The zero-order valence-corrected chi connectivity index (χ0v) is 24.0. The van der Waals surface area contributed by atoms with E-state index in [2.05, 4.69) is 10.3 Å². The van der Waals surface area contributed by atoms with Crippen molar-refractivity contribution in [1.29, 1.82) is 5.26 Å². The highest BCUT2D eigenvalue weighted by atomic mass is 19.3. The summed E-state index contributed by atoms with van der Waals surface area (Å²) in [4.78, 5) is 34.2. The van der Waals surface area contributed by atoms with E-state index in [-0.39, 0.29) is 37.1 Å². The molecule has 0 bridgehead atoms. The predicted molar refractivity (Wildman–Crippen MR) is 146 cm³/mol. The lowest BCUT2D eigenvalue weighted by Gasteiger charge is -2.36. The summed E-state index contributed by atoms with van der Waals surface area (Å²) in [6, 6.07) is 1.93. The van der Waals surface area contributed by atoms with Crippen molar-refractivity contribution in [1.82, 2.24) is 15.2 Å². The topological polar surface area (TPSA) is 98.6 Å². The fourth-order valence-corrected chi connectivity index (χ4v) is 5.49. The van der Waals surface area contributed by atoms with Gasteiger partial charge in [-0.15, -0.1) is 0 Å². The van der Waals surface area contributed by atoms with Gasteiger partial charge in [0.1, 0.15) is 23.7 Å². The Morgan fingerprint density at radius 3 is 2.45 bits per heavy atom. The molecule has 4 rings (SSSR count). The number of pyridine rings is 1. The van der Waals surface area contributed by atoms with Crippen molar-refractivity contribution in [2.75, 3.05) is 18.6 Å². The van der Waals surface area contributed by atoms with E-state index in [1.165, 1.54) is 30.3 Å². The third kappa shape index (κ3) is 6.84. The highest BCUT2D eigenvalue weighted by Gasteiger charge is 2.45. The third-order valence-corrected chi connectivity index (χ3v) is 7.93. The Labute approximate surface area is 242 Å². The molecule has 12 heteroatoms. The standard InChI is InChI=1S/C30H35F4N5O3/c1-29(2,3)19-5-6-24(23(32)12-19)39(28(41)25-13-22(42-4)16-38(25)17-35)26(18-11-20(31)15-36-14-18)27(40)37-21-7-9-30(33,34)10-8-21/h5-6,11-12,14-15,21-22,25-26H,7-10,13,16H2,1-4H3,(H,37,40). The van der Waals surface area contributed by atoms with Crippen molar-refractivity contribution < 1.29 is 31.9 Å². The number of hydrogen-bond donors (Lipinski definition) is 1. The summed E-state index contributed by atoms with van der Waals surface area (Å²) < 4.78 is 63.4. The van der Waals surface area contributed by atoms with E-state index in [0.717, 1.165) is 17.2 Å². The summed E-state index contributed by atoms with van der Waals surface area (Å²) in [5.74, 6) is -6.03. The van der Waals surface area contributed by atoms with Crippen molar-refractivity contribution in [3.63, 3.8) is 0 Å². The number of likely N-dealkylation sites (tertiary alicyclic amines) is 1. The largest absolute Gasteiger partial charge is 0.379 e. The molecular formula is C30H35F4N5O3. The quantitative estimate of drug-likeness (QED) is 0.361. The molecule has 1 saturated heterocycles. The molecule has 1 saturated carbocycles. The maximum Gasteiger partial charge on any atom is 0.251 e. The summed E-state index contributed by atoms with van der Waals surface area (Å²) in [7, 11) is 1.44. The van der Waals surface area contributed by atoms with Gasteiger partial charge in [0.2, 0.25) is 11.8 Å². The number of carbonyl (C=O) groups excluding carboxylic acids is 2. The Balaban J connectivity index is 1.83. The van der Waals surface area contributed by atoms with Gasteiger partial charge >= 0.3 is 0 Å². The first kappa shape index (κ1) is 31.2. The van der Waals surface area contributed by atoms with Crippen LogP contribution in [-0.2, 0) is 19.7 Å². The van der Waals surface area contributed by atoms with Gasteiger partial charge in [0, 0.05) is 44.2 Å². The van der Waals surface area contributed by atoms with Crippen LogP contribution in [0.2, 0.25) is 0 Å². The van der Waals surface area contributed by atoms with Gasteiger partial charge in [-0.2, -0.15) is 5.26 Å². The van der Waals surface area contributed by atoms with E-state index in [1.807, 2.05) is 27.0 Å². The third-order valence-electron chi connectivity index (χ3n) is 7.93. The van der Waals surface area contributed by atoms with Crippen molar-refractivity contribution in [2.45, 2.75) is 88.4 Å². The van der Waals surface area contributed by atoms with Gasteiger partial charge < -0.3 is 10.1 Å². The van der Waals surface area contributed by atoms with Crippen LogP contribution in [0.1, 0.15) is 70.0 Å². The molecule has 2 aliphatic rings. The molecule has 3 unspecified atom stereocenters. The number of ether oxygens (including phenoxy) is 1. The summed E-state index contributed by atoms with van der Waals surface area (Å²) in [6.07, 6.45) is 2.85. The lowest BCUT2D eigenvalue weighted by molar-refractivity contribution is -0.129. The molecule has 1 N–H and O–H groups in total. The Bertz CT molecular complexity index is 1350. The molecule has 1 aromatic heterocycles. The van der Waals surface area contributed by atoms with Crippen molar-refractivity contribution in [2.24, 2.45) is 0 Å². The molecule has 42 heavy (non-hydrogen) atoms. The van der Waals surface area contributed by atoms with Crippen LogP contribution in [0.25, 0.3) is 0 Å². The summed E-state index contributed by atoms with van der Waals surface area (Å²) in [6.45, 7) is 5.78. The van der Waals surface area contributed by atoms with E-state index in [1.54, 1.807) is 6.07 Å². The van der Waals surface area contributed by atoms with E-state index >= 15 is 4.39 Å². The van der Waals surface area contributed by atoms with Gasteiger partial charge in [0.15, 0.2) is 6.19 Å². The lowest BCUT2D eigenvalue weighted by atomic mass is 9.86. The molecule has 8 nitrogen and oxygen atoms in total. The number of methoxy groups -OCH3 is 1. The minimum atomic E-state index is -2.84. The fraction of sp³-hybridized carbons (Fsp3) is 0.533. The zero-order chi connectivity index (χ0) is 30.8. The van der Waals surface area contributed by atoms with Crippen LogP contribution in [-0.4, -0.2) is 59.5 Å². The van der Waals surface area contributed by atoms with Gasteiger partial charge in [-0.25, -0.2) is 17.6 Å². The first-order chi connectivity index (χ1) is 19.7. The molecule has 1 aromatic carbocycles. The maximum atomic E-state index is 16.0. The number of halogens is 4. The first-order valence-corrected chi connectivity index (χ1v) is 13.8. The molecule has 1 aliphatic heterocycles. The zero-order valence-electron chi connectivity index (χ0n) is 24.0. The second kappa shape index (κ2) is 12.3. The molecular weight excluding hydrogens is 554 g/mol. The molecule has 2 heterocycles. The van der Waals surface area contributed by atoms with Crippen molar-refractivity contribution >= 4 is 17.5 Å². The second-order valence-electron chi connectivity index (χ2n) is 12.0. The molecule has 2 fully saturated rings. The number of benzene rings is 1. The van der Waals surface area contributed by atoms with Crippen LogP contribution in [0.3, 0.4) is 0 Å². The molecule has 2 amide bonds. The maximum absolute atomic E-state index is 16.0. The normalized spacial score (nSPS) is 21.5. The number of amides is 2. The highest BCUT2D eigenvalue weighted by Crippen LogP contribution is 2.37. The van der Waals surface area contributed by atoms with E-state index in [9.17, 15) is 28.0 Å². The molecule has 1 aliphatic carbocycles. The summed E-state index contributed by atoms with van der Waals surface area (Å²) in [5, 5.41) is 12.5. The van der Waals surface area contributed by atoms with E-state index < -0.39 is 71.9 Å². The Kier molecular flexibility index (Phi) is 9.11. The van der Waals surface area contributed by atoms with Gasteiger partial charge in [0.25, 0.3) is 5.91 Å². The fourth-order valence-electron chi connectivity index (χ4n) is 5.49. The number of nitriles is 1. The number of aromatic nitrogens is 1. The number of hydrogen-bond acceptors (Lipinski definition) is 6. The van der Waals surface area contributed by atoms with Gasteiger partial charge in [0.05, 0.1) is 24.5 Å². The number of nitrogens with one attached hydrogen (secondary N) is 1. The van der Waals surface area contributed by atoms with E-state index in [0.29, 0.717) is 5.56 Å². The minimum absolute atomic E-state index is 0.00416. The van der Waals surface area contributed by atoms with Gasteiger partial charge in [-0.3, -0.25) is 24.4 Å². The average molecular weight is 590 g/mol. The van der Waals surface area contributed by atoms with Gasteiger partial charge in [-0.1, -0.05) is 26.8 Å². The number of anilines is 1. The van der Waals surface area contributed by atoms with Crippen LogP contribution in [0.4, 0.5) is 23.2 Å². The monoisotopic (exact) mass is 589 g/mol. The van der Waals surface area contributed by atoms with Crippen LogP contribution in [0.15, 0.2) is 36.7 Å². The molecule has 226 valence electrons. The Hall–Kier alpha value is -3.72. The Morgan fingerprint density at radius 2 is 1.88 bits per heavy atom. The average Bonchev–Trinajstić information content (AvgIpc) is 3.36. The predicted octanol–water partition coefficient (Wildman–Crippen LogP) is 5.00. The molecule has 2 aromatic rings. The molecule has 0 radical (unpaired) electrons. The van der Waals surface area contributed by atoms with Crippen LogP contribution >= 0.6 is 0 Å². The second-order valence-corrected chi connectivity index (χ2v) is 12.0. The van der Waals surface area contributed by atoms with E-state index in [4.69, 9.17) is 4.74 Å². The van der Waals surface area contributed by atoms with Crippen molar-refractivity contribution in [3.05, 3.63) is 59.4 Å². The summed E-state index contributed by atoms with van der Waals surface area (Å²) in [5.41, 5.74) is -0.112. The lowest BCUT2D eigenvalue weighted by Crippen LogP contribution is -2.52. The van der Waals surface area contributed by atoms with Gasteiger partial charge in [-0.05, 0) is 42.0 Å².